The molecule has 1 unspecified atom stereocenters. The zero-order valence-electron chi connectivity index (χ0n) is 22.7. The highest BCUT2D eigenvalue weighted by molar-refractivity contribution is 8.09. The van der Waals surface area contributed by atoms with Gasteiger partial charge in [0.1, 0.15) is 6.10 Å². The number of sulfone groups is 2. The van der Waals surface area contributed by atoms with Crippen molar-refractivity contribution in [1.29, 1.82) is 0 Å². The number of esters is 1. The molecule has 3 aromatic carbocycles. The molecule has 0 radical (unpaired) electrons. The Morgan fingerprint density at radius 1 is 0.721 bits per heavy atom. The van der Waals surface area contributed by atoms with E-state index in [0.29, 0.717) is 0 Å². The lowest BCUT2D eigenvalue weighted by Crippen LogP contribution is -2.46. The van der Waals surface area contributed by atoms with Crippen LogP contribution in [0, 0.1) is 0 Å². The van der Waals surface area contributed by atoms with Crippen LogP contribution in [-0.2, 0) is 40.1 Å². The van der Waals surface area contributed by atoms with Gasteiger partial charge in [0, 0.05) is 12.0 Å². The van der Waals surface area contributed by atoms with Crippen LogP contribution in [-0.4, -0.2) is 44.5 Å². The topological polar surface area (TPSA) is 94.6 Å². The van der Waals surface area contributed by atoms with Gasteiger partial charge in [0.05, 0.1) is 10.9 Å². The van der Waals surface area contributed by atoms with Crippen LogP contribution in [0.2, 0.25) is 0 Å². The van der Waals surface area contributed by atoms with Gasteiger partial charge in [0.15, 0.2) is 19.3 Å². The fourth-order valence-electron chi connectivity index (χ4n) is 3.40. The number of hydrogen-bond acceptors (Lipinski definition) is 6. The number of benzene rings is 3. The molecule has 0 spiro atoms. The van der Waals surface area contributed by atoms with E-state index in [1.807, 2.05) is 0 Å². The second-order valence-electron chi connectivity index (χ2n) is 8.89. The van der Waals surface area contributed by atoms with Crippen LogP contribution in [0.4, 0.5) is 26.3 Å². The molecule has 0 aromatic heterocycles. The van der Waals surface area contributed by atoms with Crippen molar-refractivity contribution in [2.45, 2.75) is 56.7 Å². The van der Waals surface area contributed by atoms with E-state index in [4.69, 9.17) is 0 Å². The summed E-state index contributed by atoms with van der Waals surface area (Å²) in [6.07, 6.45) is -3.64. The molecule has 0 fully saturated rings. The highest BCUT2D eigenvalue weighted by Gasteiger charge is 2.63. The monoisotopic (exact) mass is 669 g/mol. The molecule has 0 saturated carbocycles. The Labute approximate surface area is 248 Å². The van der Waals surface area contributed by atoms with Gasteiger partial charge in [0.25, 0.3) is 19.7 Å². The zero-order chi connectivity index (χ0) is 32.6. The van der Waals surface area contributed by atoms with E-state index < -0.39 is 53.8 Å². The van der Waals surface area contributed by atoms with E-state index >= 15 is 0 Å². The standard InChI is InChI=1S/C18H15S.C10H12F6O6S2/c1-4-10-16(11-5-1)19(17-12-6-2-7-13-17)18-14-8-3-9-15-18;1-5(2)8(17)22-6(3)4-7(23(18,19)9(11,12)13)24(20,21)10(14,15)16/h1-15H;6-7H,1,4H2,2-3H3/q+1;. The number of halogens is 6. The molecule has 0 aliphatic heterocycles. The molecular weight excluding hydrogens is 642 g/mol. The van der Waals surface area contributed by atoms with Crippen molar-refractivity contribution in [2.75, 3.05) is 0 Å². The van der Waals surface area contributed by atoms with Gasteiger partial charge in [0.2, 0.25) is 0 Å². The minimum Gasteiger partial charge on any atom is -0.459 e. The number of alkyl halides is 6. The summed E-state index contributed by atoms with van der Waals surface area (Å²) in [5, 5.41) is 0. The van der Waals surface area contributed by atoms with E-state index in [0.717, 1.165) is 13.8 Å². The van der Waals surface area contributed by atoms with Crippen molar-refractivity contribution in [3.05, 3.63) is 103 Å². The molecule has 0 aliphatic rings. The van der Waals surface area contributed by atoms with Crippen LogP contribution in [0.25, 0.3) is 0 Å². The zero-order valence-corrected chi connectivity index (χ0v) is 25.1. The Hall–Kier alpha value is -3.30. The third-order valence-corrected chi connectivity index (χ3v) is 12.3. The van der Waals surface area contributed by atoms with Gasteiger partial charge in [-0.15, -0.1) is 0 Å². The number of carbonyl (C=O) groups excluding carboxylic acids is 1. The van der Waals surface area contributed by atoms with Gasteiger partial charge >= 0.3 is 17.0 Å². The third-order valence-electron chi connectivity index (χ3n) is 5.46. The molecule has 234 valence electrons. The molecule has 0 saturated heterocycles. The van der Waals surface area contributed by atoms with Crippen molar-refractivity contribution in [2.24, 2.45) is 0 Å². The van der Waals surface area contributed by atoms with Gasteiger partial charge in [-0.05, 0) is 50.2 Å². The summed E-state index contributed by atoms with van der Waals surface area (Å²) in [5.74, 6) is -1.24. The van der Waals surface area contributed by atoms with Gasteiger partial charge in [-0.3, -0.25) is 0 Å². The molecule has 3 aromatic rings. The van der Waals surface area contributed by atoms with E-state index in [9.17, 15) is 48.0 Å². The normalized spacial score (nSPS) is 13.2. The van der Waals surface area contributed by atoms with Crippen molar-refractivity contribution < 1.29 is 52.7 Å². The first-order chi connectivity index (χ1) is 19.8. The lowest BCUT2D eigenvalue weighted by Gasteiger charge is -2.23. The molecular formula is C28H27F6O6S3+. The summed E-state index contributed by atoms with van der Waals surface area (Å²) in [5.41, 5.74) is -12.8. The molecule has 1 atom stereocenters. The SMILES string of the molecule is C=C(C)C(=O)OC(C)CC(S(=O)(=O)C(F)(F)F)S(=O)(=O)C(F)(F)F.c1ccc([S+](c2ccccc2)c2ccccc2)cc1. The van der Waals surface area contributed by atoms with Gasteiger partial charge in [-0.2, -0.15) is 26.3 Å². The summed E-state index contributed by atoms with van der Waals surface area (Å²) in [4.78, 5) is 15.2. The Bertz CT molecular complexity index is 1440. The molecule has 6 nitrogen and oxygen atoms in total. The Morgan fingerprint density at radius 3 is 1.28 bits per heavy atom. The average Bonchev–Trinajstić information content (AvgIpc) is 2.92. The molecule has 0 aliphatic carbocycles. The highest BCUT2D eigenvalue weighted by atomic mass is 32.3. The molecule has 0 heterocycles. The summed E-state index contributed by atoms with van der Waals surface area (Å²) >= 11 is 0. The largest absolute Gasteiger partial charge is 0.498 e. The molecule has 0 N–H and O–H groups in total. The van der Waals surface area contributed by atoms with Crippen molar-refractivity contribution in [3.63, 3.8) is 0 Å². The van der Waals surface area contributed by atoms with Crippen molar-refractivity contribution >= 4 is 36.5 Å². The molecule has 43 heavy (non-hydrogen) atoms. The maximum Gasteiger partial charge on any atom is 0.498 e. The number of rotatable bonds is 9. The summed E-state index contributed by atoms with van der Waals surface area (Å²) < 4.78 is 120. The highest BCUT2D eigenvalue weighted by Crippen LogP contribution is 2.38. The Morgan fingerprint density at radius 2 is 1.02 bits per heavy atom. The van der Waals surface area contributed by atoms with E-state index in [-0.39, 0.29) is 16.5 Å². The Balaban J connectivity index is 0.000000306. The van der Waals surface area contributed by atoms with Gasteiger partial charge in [-0.1, -0.05) is 61.2 Å². The average molecular weight is 670 g/mol. The number of carbonyl (C=O) groups is 1. The lowest BCUT2D eigenvalue weighted by molar-refractivity contribution is -0.143. The molecule has 15 heteroatoms. The van der Waals surface area contributed by atoms with E-state index in [1.54, 1.807) is 0 Å². The van der Waals surface area contributed by atoms with E-state index in [2.05, 4.69) is 102 Å². The van der Waals surface area contributed by atoms with Crippen LogP contribution in [0.5, 0.6) is 0 Å². The van der Waals surface area contributed by atoms with Crippen molar-refractivity contribution in [3.8, 4) is 0 Å². The van der Waals surface area contributed by atoms with Gasteiger partial charge < -0.3 is 4.74 Å². The second-order valence-corrected chi connectivity index (χ2v) is 15.5. The van der Waals surface area contributed by atoms with Crippen LogP contribution in [0.15, 0.2) is 118 Å². The Kier molecular flexibility index (Phi) is 12.1. The quantitative estimate of drug-likeness (QED) is 0.107. The summed E-state index contributed by atoms with van der Waals surface area (Å²) in [6, 6.07) is 32.2. The summed E-state index contributed by atoms with van der Waals surface area (Å²) in [6.45, 7) is 4.94. The van der Waals surface area contributed by atoms with Crippen LogP contribution in [0.3, 0.4) is 0 Å². The molecule has 3 rings (SSSR count). The lowest BCUT2D eigenvalue weighted by atomic mass is 10.3. The smallest absolute Gasteiger partial charge is 0.459 e. The second kappa shape index (κ2) is 14.4. The predicted molar refractivity (Wildman–Crippen MR) is 150 cm³/mol. The van der Waals surface area contributed by atoms with Crippen LogP contribution < -0.4 is 0 Å². The predicted octanol–water partition coefficient (Wildman–Crippen LogP) is 6.86. The maximum atomic E-state index is 12.5. The summed E-state index contributed by atoms with van der Waals surface area (Å²) in [7, 11) is -13.5. The van der Waals surface area contributed by atoms with Gasteiger partial charge in [-0.25, -0.2) is 21.6 Å². The first-order valence-electron chi connectivity index (χ1n) is 12.2. The van der Waals surface area contributed by atoms with E-state index in [1.165, 1.54) is 14.7 Å². The first kappa shape index (κ1) is 35.9. The number of ether oxygens (including phenoxy) is 1. The van der Waals surface area contributed by atoms with Crippen LogP contribution in [0.1, 0.15) is 20.3 Å². The number of hydrogen-bond donors (Lipinski definition) is 0. The third kappa shape index (κ3) is 9.34. The maximum absolute atomic E-state index is 12.5. The minimum atomic E-state index is -6.75. The minimum absolute atomic E-state index is 0.0146. The molecule has 0 amide bonds. The van der Waals surface area contributed by atoms with Crippen LogP contribution >= 0.6 is 0 Å². The fraction of sp³-hybridized carbons (Fsp3) is 0.250. The first-order valence-corrected chi connectivity index (χ1v) is 16.5. The fourth-order valence-corrected chi connectivity index (χ4v) is 9.14. The molecule has 0 bridgehead atoms. The van der Waals surface area contributed by atoms with Crippen molar-refractivity contribution in [1.82, 2.24) is 0 Å².